The lowest BCUT2D eigenvalue weighted by Gasteiger charge is -2.44. The maximum atomic E-state index is 6.16. The summed E-state index contributed by atoms with van der Waals surface area (Å²) in [5, 5.41) is 3.33. The molecule has 118 valence electrons. The van der Waals surface area contributed by atoms with Crippen LogP contribution in [-0.4, -0.2) is 31.5 Å². The first kappa shape index (κ1) is 16.1. The highest BCUT2D eigenvalue weighted by atomic mass is 16.6. The molecule has 1 aromatic rings. The third kappa shape index (κ3) is 3.33. The highest BCUT2D eigenvalue weighted by Gasteiger charge is 2.45. The molecule has 0 radical (unpaired) electrons. The molecule has 0 aliphatic carbocycles. The predicted octanol–water partition coefficient (Wildman–Crippen LogP) is 3.77. The van der Waals surface area contributed by atoms with E-state index in [1.807, 2.05) is 39.8 Å². The molecule has 0 aromatic heterocycles. The smallest absolute Gasteiger partial charge is 0.132 e. The summed E-state index contributed by atoms with van der Waals surface area (Å²) in [7, 11) is 1.71. The van der Waals surface area contributed by atoms with Gasteiger partial charge in [-0.2, -0.15) is 0 Å². The maximum absolute atomic E-state index is 6.16. The van der Waals surface area contributed by atoms with E-state index in [1.54, 1.807) is 7.11 Å². The van der Waals surface area contributed by atoms with E-state index in [4.69, 9.17) is 14.2 Å². The highest BCUT2D eigenvalue weighted by Crippen LogP contribution is 2.44. The van der Waals surface area contributed by atoms with Crippen LogP contribution in [0.2, 0.25) is 0 Å². The second-order valence-electron chi connectivity index (χ2n) is 6.25. The first-order valence-electron chi connectivity index (χ1n) is 7.64. The molecule has 1 N–H and O–H groups in total. The van der Waals surface area contributed by atoms with E-state index in [0.717, 1.165) is 23.5 Å². The second-order valence-corrected chi connectivity index (χ2v) is 6.25. The molecule has 0 bridgehead atoms. The van der Waals surface area contributed by atoms with Crippen LogP contribution in [0.15, 0.2) is 18.2 Å². The molecule has 0 saturated carbocycles. The van der Waals surface area contributed by atoms with Gasteiger partial charge in [0.25, 0.3) is 0 Å². The van der Waals surface area contributed by atoms with Crippen LogP contribution in [0.3, 0.4) is 0 Å². The van der Waals surface area contributed by atoms with Crippen molar-refractivity contribution >= 4 is 5.69 Å². The fraction of sp³-hybridized carbons (Fsp3) is 0.647. The summed E-state index contributed by atoms with van der Waals surface area (Å²) in [5.74, 6) is 0.876. The van der Waals surface area contributed by atoms with Crippen LogP contribution in [0.5, 0.6) is 5.75 Å². The van der Waals surface area contributed by atoms with E-state index in [-0.39, 0.29) is 18.3 Å². The van der Waals surface area contributed by atoms with Gasteiger partial charge < -0.3 is 19.5 Å². The summed E-state index contributed by atoms with van der Waals surface area (Å²) in [6, 6.07) is 6.16. The van der Waals surface area contributed by atoms with Crippen LogP contribution in [0.25, 0.3) is 0 Å². The summed E-state index contributed by atoms with van der Waals surface area (Å²) in [6.45, 7) is 11.1. The summed E-state index contributed by atoms with van der Waals surface area (Å²) < 4.78 is 18.0. The average Bonchev–Trinajstić information content (AvgIpc) is 2.38. The zero-order chi connectivity index (χ0) is 15.6. The number of hydrogen-bond donors (Lipinski definition) is 1. The van der Waals surface area contributed by atoms with Crippen molar-refractivity contribution < 1.29 is 14.2 Å². The average molecular weight is 293 g/mol. The lowest BCUT2D eigenvalue weighted by molar-refractivity contribution is -0.161. The third-order valence-corrected chi connectivity index (χ3v) is 3.70. The van der Waals surface area contributed by atoms with Crippen molar-refractivity contribution in [3.8, 4) is 5.75 Å². The molecule has 1 aliphatic rings. The first-order chi connectivity index (χ1) is 9.89. The molecule has 4 heteroatoms. The van der Waals surface area contributed by atoms with Crippen molar-refractivity contribution in [3.05, 3.63) is 23.8 Å². The van der Waals surface area contributed by atoms with Gasteiger partial charge in [-0.15, -0.1) is 0 Å². The Labute approximate surface area is 127 Å². The Morgan fingerprint density at radius 3 is 2.62 bits per heavy atom. The largest absolute Gasteiger partial charge is 0.485 e. The van der Waals surface area contributed by atoms with E-state index < -0.39 is 5.60 Å². The van der Waals surface area contributed by atoms with Gasteiger partial charge in [-0.05, 0) is 52.8 Å². The highest BCUT2D eigenvalue weighted by molar-refractivity contribution is 5.53. The van der Waals surface area contributed by atoms with Gasteiger partial charge >= 0.3 is 0 Å². The van der Waals surface area contributed by atoms with E-state index >= 15 is 0 Å². The molecule has 2 atom stereocenters. The van der Waals surface area contributed by atoms with Crippen LogP contribution in [-0.2, 0) is 9.47 Å². The van der Waals surface area contributed by atoms with E-state index in [1.165, 1.54) is 0 Å². The molecule has 4 nitrogen and oxygen atoms in total. The zero-order valence-corrected chi connectivity index (χ0v) is 13.9. The van der Waals surface area contributed by atoms with Gasteiger partial charge in [-0.25, -0.2) is 0 Å². The van der Waals surface area contributed by atoms with Crippen molar-refractivity contribution in [2.75, 3.05) is 19.0 Å². The second kappa shape index (κ2) is 6.24. The van der Waals surface area contributed by atoms with E-state index in [9.17, 15) is 0 Å². The molecule has 1 aliphatic heterocycles. The zero-order valence-electron chi connectivity index (χ0n) is 13.9. The van der Waals surface area contributed by atoms with E-state index in [2.05, 4.69) is 18.3 Å². The van der Waals surface area contributed by atoms with Crippen LogP contribution < -0.4 is 10.1 Å². The Bertz CT molecular complexity index is 485. The van der Waals surface area contributed by atoms with Crippen LogP contribution in [0.4, 0.5) is 5.69 Å². The molecular weight excluding hydrogens is 266 g/mol. The van der Waals surface area contributed by atoms with Gasteiger partial charge in [0.2, 0.25) is 0 Å². The van der Waals surface area contributed by atoms with Crippen LogP contribution in [0.1, 0.15) is 46.3 Å². The molecule has 21 heavy (non-hydrogen) atoms. The molecular formula is C17H27NO3. The monoisotopic (exact) mass is 293 g/mol. The van der Waals surface area contributed by atoms with Gasteiger partial charge in [0.1, 0.15) is 23.6 Å². The summed E-state index contributed by atoms with van der Waals surface area (Å²) in [6.07, 6.45) is -0.158. The number of rotatable bonds is 5. The molecule has 0 spiro atoms. The van der Waals surface area contributed by atoms with Gasteiger partial charge in [0, 0.05) is 24.9 Å². The Morgan fingerprint density at radius 2 is 2.05 bits per heavy atom. The number of methoxy groups -OCH3 is 1. The van der Waals surface area contributed by atoms with Crippen molar-refractivity contribution in [1.29, 1.82) is 0 Å². The topological polar surface area (TPSA) is 39.7 Å². The summed E-state index contributed by atoms with van der Waals surface area (Å²) in [5.41, 5.74) is 1.70. The molecule has 1 aromatic carbocycles. The maximum Gasteiger partial charge on any atom is 0.132 e. The summed E-state index contributed by atoms with van der Waals surface area (Å²) in [4.78, 5) is 0. The number of fused-ring (bicyclic) bond motifs is 1. The predicted molar refractivity (Wildman–Crippen MR) is 85.1 cm³/mol. The Hall–Kier alpha value is -1.26. The minimum Gasteiger partial charge on any atom is -0.485 e. The summed E-state index contributed by atoms with van der Waals surface area (Å²) >= 11 is 0. The molecule has 0 saturated heterocycles. The van der Waals surface area contributed by atoms with Gasteiger partial charge in [0.05, 0.1) is 6.10 Å². The lowest BCUT2D eigenvalue weighted by Crippen LogP contribution is -2.50. The number of anilines is 1. The minimum absolute atomic E-state index is 0.122. The van der Waals surface area contributed by atoms with Crippen molar-refractivity contribution in [2.45, 2.75) is 58.5 Å². The van der Waals surface area contributed by atoms with Gasteiger partial charge in [-0.1, -0.05) is 0 Å². The van der Waals surface area contributed by atoms with Gasteiger partial charge in [0.15, 0.2) is 0 Å². The van der Waals surface area contributed by atoms with Crippen molar-refractivity contribution in [2.24, 2.45) is 0 Å². The molecule has 2 rings (SSSR count). The van der Waals surface area contributed by atoms with E-state index in [0.29, 0.717) is 0 Å². The third-order valence-electron chi connectivity index (χ3n) is 3.70. The van der Waals surface area contributed by atoms with Crippen LogP contribution in [0, 0.1) is 0 Å². The fourth-order valence-electron chi connectivity index (χ4n) is 2.89. The normalized spacial score (nSPS) is 23.6. The van der Waals surface area contributed by atoms with Crippen molar-refractivity contribution in [3.63, 3.8) is 0 Å². The molecule has 2 unspecified atom stereocenters. The Morgan fingerprint density at radius 1 is 1.33 bits per heavy atom. The standard InChI is InChI=1S/C17H27NO3/c1-7-18-12-8-9-14-13(10-12)15(20-11(2)3)16(19-6)17(4,5)21-14/h8-11,15-16,18H,7H2,1-6H3. The minimum atomic E-state index is -0.430. The van der Waals surface area contributed by atoms with Gasteiger partial charge in [-0.3, -0.25) is 0 Å². The number of hydrogen-bond acceptors (Lipinski definition) is 4. The van der Waals surface area contributed by atoms with Crippen LogP contribution >= 0.6 is 0 Å². The Kier molecular flexibility index (Phi) is 4.79. The lowest BCUT2D eigenvalue weighted by atomic mass is 9.87. The SMILES string of the molecule is CCNc1ccc2c(c1)C(OC(C)C)C(OC)C(C)(C)O2. The number of benzene rings is 1. The molecule has 1 heterocycles. The Balaban J connectivity index is 2.45. The first-order valence-corrected chi connectivity index (χ1v) is 7.64. The quantitative estimate of drug-likeness (QED) is 0.897. The number of nitrogens with one attached hydrogen (secondary N) is 1. The van der Waals surface area contributed by atoms with Crippen molar-refractivity contribution in [1.82, 2.24) is 0 Å². The number of ether oxygens (including phenoxy) is 3. The molecule has 0 fully saturated rings. The fourth-order valence-corrected chi connectivity index (χ4v) is 2.89. The molecule has 0 amide bonds.